The summed E-state index contributed by atoms with van der Waals surface area (Å²) in [7, 11) is 0. The summed E-state index contributed by atoms with van der Waals surface area (Å²) in [5.74, 6) is 0.266. The fourth-order valence-electron chi connectivity index (χ4n) is 3.93. The first-order valence-electron chi connectivity index (χ1n) is 10.00. The summed E-state index contributed by atoms with van der Waals surface area (Å²) in [6, 6.07) is 20.9. The molecule has 0 saturated carbocycles. The number of para-hydroxylation sites is 1. The van der Waals surface area contributed by atoms with Crippen LogP contribution in [0.3, 0.4) is 0 Å². The van der Waals surface area contributed by atoms with Crippen LogP contribution in [-0.2, 0) is 11.3 Å². The highest BCUT2D eigenvalue weighted by molar-refractivity contribution is 7.15. The van der Waals surface area contributed by atoms with Crippen molar-refractivity contribution in [2.24, 2.45) is 0 Å². The topological polar surface area (TPSA) is 80.5 Å². The van der Waals surface area contributed by atoms with Crippen LogP contribution in [0.25, 0.3) is 21.9 Å². The summed E-state index contributed by atoms with van der Waals surface area (Å²) < 4.78 is 1.63. The van der Waals surface area contributed by atoms with E-state index < -0.39 is 0 Å². The van der Waals surface area contributed by atoms with Crippen LogP contribution >= 0.6 is 11.3 Å². The lowest BCUT2D eigenvalue weighted by atomic mass is 10.1. The van der Waals surface area contributed by atoms with E-state index in [4.69, 9.17) is 0 Å². The Kier molecular flexibility index (Phi) is 4.19. The molecule has 0 aliphatic carbocycles. The zero-order chi connectivity index (χ0) is 21.7. The number of nitrogens with zero attached hydrogens (tertiary/aromatic N) is 5. The van der Waals surface area contributed by atoms with E-state index in [9.17, 15) is 9.59 Å². The van der Waals surface area contributed by atoms with Gasteiger partial charge >= 0.3 is 0 Å². The van der Waals surface area contributed by atoms with Gasteiger partial charge in [0.15, 0.2) is 5.82 Å². The summed E-state index contributed by atoms with van der Waals surface area (Å²) in [6.07, 6.45) is 3.30. The van der Waals surface area contributed by atoms with Crippen molar-refractivity contribution in [3.63, 3.8) is 0 Å². The summed E-state index contributed by atoms with van der Waals surface area (Å²) in [6.45, 7) is 0.432. The van der Waals surface area contributed by atoms with E-state index in [2.05, 4.69) is 15.1 Å². The number of benzene rings is 2. The molecule has 0 radical (unpaired) electrons. The Hall–Kier alpha value is -4.17. The molecule has 5 aromatic rings. The zero-order valence-electron chi connectivity index (χ0n) is 16.7. The van der Waals surface area contributed by atoms with Gasteiger partial charge in [-0.25, -0.2) is 0 Å². The molecule has 0 spiro atoms. The number of carbonyl (C=O) groups excluding carboxylic acids is 1. The van der Waals surface area contributed by atoms with Crippen molar-refractivity contribution in [3.05, 3.63) is 105 Å². The van der Waals surface area contributed by atoms with Gasteiger partial charge in [0, 0.05) is 23.5 Å². The van der Waals surface area contributed by atoms with Gasteiger partial charge in [-0.3, -0.25) is 14.6 Å². The number of fused-ring (bicyclic) bond motifs is 2. The lowest BCUT2D eigenvalue weighted by Gasteiger charge is -2.17. The van der Waals surface area contributed by atoms with Crippen LogP contribution in [0.5, 0.6) is 0 Å². The van der Waals surface area contributed by atoms with Crippen LogP contribution in [0.1, 0.15) is 11.1 Å². The monoisotopic (exact) mass is 437 g/mol. The molecule has 154 valence electrons. The van der Waals surface area contributed by atoms with Crippen molar-refractivity contribution in [3.8, 4) is 11.4 Å². The molecule has 3 aromatic heterocycles. The number of hydrogen-bond donors (Lipinski definition) is 0. The second-order valence-electron chi connectivity index (χ2n) is 7.37. The predicted molar refractivity (Wildman–Crippen MR) is 122 cm³/mol. The van der Waals surface area contributed by atoms with Crippen molar-refractivity contribution >= 4 is 33.5 Å². The molecular formula is C24H15N5O2S. The molecule has 8 heteroatoms. The van der Waals surface area contributed by atoms with Gasteiger partial charge in [-0.05, 0) is 23.8 Å². The quantitative estimate of drug-likeness (QED) is 0.434. The molecule has 6 rings (SSSR count). The molecule has 32 heavy (non-hydrogen) atoms. The van der Waals surface area contributed by atoms with Crippen molar-refractivity contribution < 1.29 is 4.79 Å². The third-order valence-electron chi connectivity index (χ3n) is 5.43. The number of pyridine rings is 1. The molecule has 1 aliphatic heterocycles. The molecule has 0 fully saturated rings. The first kappa shape index (κ1) is 18.6. The lowest BCUT2D eigenvalue weighted by Crippen LogP contribution is -2.32. The Bertz CT molecular complexity index is 1590. The Morgan fingerprint density at radius 3 is 2.41 bits per heavy atom. The Balaban J connectivity index is 1.52. The Morgan fingerprint density at radius 2 is 1.62 bits per heavy atom. The Morgan fingerprint density at radius 1 is 0.875 bits per heavy atom. The molecule has 0 atom stereocenters. The minimum absolute atomic E-state index is 0.189. The van der Waals surface area contributed by atoms with Gasteiger partial charge in [0.05, 0.1) is 17.8 Å². The van der Waals surface area contributed by atoms with E-state index in [0.717, 1.165) is 22.4 Å². The number of hydrogen-bond acceptors (Lipinski definition) is 6. The van der Waals surface area contributed by atoms with Gasteiger partial charge in [-0.2, -0.15) is 9.50 Å². The average molecular weight is 437 g/mol. The summed E-state index contributed by atoms with van der Waals surface area (Å²) >= 11 is 1.19. The lowest BCUT2D eigenvalue weighted by molar-refractivity contribution is -0.113. The van der Waals surface area contributed by atoms with Crippen molar-refractivity contribution in [2.75, 3.05) is 4.90 Å². The molecule has 2 aromatic carbocycles. The zero-order valence-corrected chi connectivity index (χ0v) is 17.5. The fraction of sp³-hybridized carbons (Fsp3) is 0.0417. The number of rotatable bonds is 3. The highest BCUT2D eigenvalue weighted by atomic mass is 32.1. The third-order valence-corrected chi connectivity index (χ3v) is 6.46. The maximum Gasteiger partial charge on any atom is 0.291 e. The number of thiazole rings is 1. The SMILES string of the molecule is O=C1C(=c2sc3nc(-c4ccncc4)nn3c2=O)c2ccccc2N1Cc1ccccc1. The molecule has 0 saturated heterocycles. The molecule has 0 bridgehead atoms. The summed E-state index contributed by atoms with van der Waals surface area (Å²) in [5, 5.41) is 4.38. The molecular weight excluding hydrogens is 422 g/mol. The highest BCUT2D eigenvalue weighted by Gasteiger charge is 2.34. The Labute approximate surface area is 185 Å². The summed E-state index contributed by atoms with van der Waals surface area (Å²) in [5.41, 5.74) is 3.42. The first-order valence-corrected chi connectivity index (χ1v) is 10.8. The fourth-order valence-corrected chi connectivity index (χ4v) is 4.93. The molecule has 0 N–H and O–H groups in total. The van der Waals surface area contributed by atoms with Gasteiger partial charge in [0.2, 0.25) is 4.96 Å². The van der Waals surface area contributed by atoms with Gasteiger partial charge in [0.1, 0.15) is 4.53 Å². The van der Waals surface area contributed by atoms with Crippen LogP contribution in [-0.4, -0.2) is 25.5 Å². The van der Waals surface area contributed by atoms with Crippen LogP contribution < -0.4 is 15.0 Å². The maximum atomic E-state index is 13.5. The number of anilines is 1. The van der Waals surface area contributed by atoms with Crippen LogP contribution in [0.15, 0.2) is 83.9 Å². The molecule has 7 nitrogen and oxygen atoms in total. The van der Waals surface area contributed by atoms with Crippen molar-refractivity contribution in [1.82, 2.24) is 19.6 Å². The largest absolute Gasteiger partial charge is 0.303 e. The van der Waals surface area contributed by atoms with E-state index in [0.29, 0.717) is 27.4 Å². The smallest absolute Gasteiger partial charge is 0.291 e. The van der Waals surface area contributed by atoms with Gasteiger partial charge in [0.25, 0.3) is 11.5 Å². The van der Waals surface area contributed by atoms with Crippen LogP contribution in [0.2, 0.25) is 0 Å². The van der Waals surface area contributed by atoms with E-state index in [1.165, 1.54) is 15.9 Å². The minimum atomic E-state index is -0.336. The minimum Gasteiger partial charge on any atom is -0.303 e. The van der Waals surface area contributed by atoms with E-state index in [1.54, 1.807) is 29.4 Å². The van der Waals surface area contributed by atoms with Crippen molar-refractivity contribution in [1.29, 1.82) is 0 Å². The van der Waals surface area contributed by atoms with Gasteiger partial charge in [-0.1, -0.05) is 59.9 Å². The third kappa shape index (κ3) is 2.84. The molecule has 1 amide bonds. The first-order chi connectivity index (χ1) is 15.7. The standard InChI is InChI=1S/C24H15N5O2S/c30-22-19(17-8-4-5-9-18(17)28(22)14-15-6-2-1-3-7-15)20-23(31)29-24(32-20)26-21(27-29)16-10-12-25-13-11-16/h1-13H,14H2. The normalized spacial score (nSPS) is 14.9. The highest BCUT2D eigenvalue weighted by Crippen LogP contribution is 2.36. The predicted octanol–water partition coefficient (Wildman–Crippen LogP) is 2.68. The van der Waals surface area contributed by atoms with Gasteiger partial charge < -0.3 is 4.90 Å². The number of carbonyl (C=O) groups is 1. The second kappa shape index (κ2) is 7.21. The van der Waals surface area contributed by atoms with Crippen LogP contribution in [0, 0.1) is 0 Å². The van der Waals surface area contributed by atoms with E-state index in [1.807, 2.05) is 54.6 Å². The number of aromatic nitrogens is 4. The average Bonchev–Trinajstić information content (AvgIpc) is 3.47. The van der Waals surface area contributed by atoms with E-state index in [-0.39, 0.29) is 11.5 Å². The maximum absolute atomic E-state index is 13.5. The van der Waals surface area contributed by atoms with Gasteiger partial charge in [-0.15, -0.1) is 5.10 Å². The molecule has 1 aliphatic rings. The molecule has 0 unspecified atom stereocenters. The molecule has 4 heterocycles. The second-order valence-corrected chi connectivity index (χ2v) is 8.35. The van der Waals surface area contributed by atoms with Crippen molar-refractivity contribution in [2.45, 2.75) is 6.54 Å². The van der Waals surface area contributed by atoms with Crippen LogP contribution in [0.4, 0.5) is 5.69 Å². The number of amides is 1. The summed E-state index contributed by atoms with van der Waals surface area (Å²) in [4.78, 5) is 37.4. The van der Waals surface area contributed by atoms with E-state index >= 15 is 0 Å².